The summed E-state index contributed by atoms with van der Waals surface area (Å²) in [5.74, 6) is 1.82. The Balaban J connectivity index is 1.64. The molecule has 0 aliphatic carbocycles. The summed E-state index contributed by atoms with van der Waals surface area (Å²) >= 11 is 0. The highest BCUT2D eigenvalue weighted by Crippen LogP contribution is 2.28. The average molecular weight is 336 g/mol. The molecule has 0 spiro atoms. The second-order valence-corrected chi connectivity index (χ2v) is 6.38. The lowest BCUT2D eigenvalue weighted by Gasteiger charge is -2.32. The molecule has 3 heterocycles. The fourth-order valence-electron chi connectivity index (χ4n) is 3.37. The third-order valence-electron chi connectivity index (χ3n) is 4.61. The Morgan fingerprint density at radius 3 is 2.72 bits per heavy atom. The van der Waals surface area contributed by atoms with Crippen LogP contribution >= 0.6 is 0 Å². The molecule has 1 aromatic carbocycles. The standard InChI is InChI=1S/C18H20N6O/c1-13-9-10-16(20-19-13)23-11-5-6-14(12-23)17-21-22-18(25)24(17)15-7-3-2-4-8-15/h2-4,7-10,14H,5-6,11-12H2,1H3,(H,22,25)/t14-/m1/s1. The summed E-state index contributed by atoms with van der Waals surface area (Å²) in [5.41, 5.74) is 1.54. The third kappa shape index (κ3) is 3.05. The highest BCUT2D eigenvalue weighted by Gasteiger charge is 2.27. The van der Waals surface area contributed by atoms with E-state index in [2.05, 4.69) is 25.3 Å². The minimum absolute atomic E-state index is 0.163. The normalized spacial score (nSPS) is 17.6. The van der Waals surface area contributed by atoms with Crippen LogP contribution in [-0.2, 0) is 0 Å². The van der Waals surface area contributed by atoms with E-state index in [1.54, 1.807) is 4.57 Å². The Labute approximate surface area is 145 Å². The number of aryl methyl sites for hydroxylation is 1. The molecule has 4 rings (SSSR count). The van der Waals surface area contributed by atoms with Crippen molar-refractivity contribution in [2.75, 3.05) is 18.0 Å². The summed E-state index contributed by atoms with van der Waals surface area (Å²) in [4.78, 5) is 14.5. The summed E-state index contributed by atoms with van der Waals surface area (Å²) in [6.07, 6.45) is 2.02. The van der Waals surface area contributed by atoms with Gasteiger partial charge in [-0.1, -0.05) is 18.2 Å². The Morgan fingerprint density at radius 1 is 1.12 bits per heavy atom. The van der Waals surface area contributed by atoms with Crippen molar-refractivity contribution in [1.82, 2.24) is 25.0 Å². The van der Waals surface area contributed by atoms with Gasteiger partial charge in [0, 0.05) is 19.0 Å². The number of nitrogens with zero attached hydrogens (tertiary/aromatic N) is 5. The van der Waals surface area contributed by atoms with Gasteiger partial charge in [0.2, 0.25) is 0 Å². The van der Waals surface area contributed by atoms with E-state index in [4.69, 9.17) is 0 Å². The van der Waals surface area contributed by atoms with E-state index in [0.29, 0.717) is 0 Å². The molecule has 128 valence electrons. The van der Waals surface area contributed by atoms with E-state index in [1.807, 2.05) is 49.4 Å². The number of nitrogens with one attached hydrogen (secondary N) is 1. The Morgan fingerprint density at radius 2 is 1.96 bits per heavy atom. The van der Waals surface area contributed by atoms with Crippen LogP contribution in [0.2, 0.25) is 0 Å². The van der Waals surface area contributed by atoms with E-state index >= 15 is 0 Å². The Hall–Kier alpha value is -2.96. The van der Waals surface area contributed by atoms with Gasteiger partial charge in [0.25, 0.3) is 0 Å². The van der Waals surface area contributed by atoms with E-state index in [9.17, 15) is 4.79 Å². The predicted octanol–water partition coefficient (Wildman–Crippen LogP) is 2.04. The summed E-state index contributed by atoms with van der Waals surface area (Å²) in [6.45, 7) is 3.64. The number of aromatic nitrogens is 5. The zero-order chi connectivity index (χ0) is 17.2. The average Bonchev–Trinajstić information content (AvgIpc) is 3.05. The quantitative estimate of drug-likeness (QED) is 0.792. The van der Waals surface area contributed by atoms with Gasteiger partial charge in [-0.15, -0.1) is 5.10 Å². The van der Waals surface area contributed by atoms with Crippen LogP contribution in [0.1, 0.15) is 30.3 Å². The maximum absolute atomic E-state index is 12.3. The largest absolute Gasteiger partial charge is 0.354 e. The molecule has 1 atom stereocenters. The number of benzene rings is 1. The third-order valence-corrected chi connectivity index (χ3v) is 4.61. The van der Waals surface area contributed by atoms with Crippen molar-refractivity contribution in [3.05, 3.63) is 64.5 Å². The number of anilines is 1. The Bertz CT molecular complexity index is 899. The molecule has 1 aliphatic heterocycles. The van der Waals surface area contributed by atoms with Gasteiger partial charge < -0.3 is 4.90 Å². The second kappa shape index (κ2) is 6.51. The van der Waals surface area contributed by atoms with Gasteiger partial charge in [-0.05, 0) is 44.0 Å². The van der Waals surface area contributed by atoms with Crippen molar-refractivity contribution in [3.63, 3.8) is 0 Å². The molecule has 1 saturated heterocycles. The minimum Gasteiger partial charge on any atom is -0.354 e. The van der Waals surface area contributed by atoms with Crippen LogP contribution in [0.15, 0.2) is 47.3 Å². The van der Waals surface area contributed by atoms with E-state index in [0.717, 1.165) is 49.0 Å². The molecular formula is C18H20N6O. The zero-order valence-corrected chi connectivity index (χ0v) is 14.1. The van der Waals surface area contributed by atoms with Crippen molar-refractivity contribution in [2.45, 2.75) is 25.7 Å². The summed E-state index contributed by atoms with van der Waals surface area (Å²) < 4.78 is 1.68. The topological polar surface area (TPSA) is 79.7 Å². The van der Waals surface area contributed by atoms with Crippen molar-refractivity contribution in [3.8, 4) is 5.69 Å². The predicted molar refractivity (Wildman–Crippen MR) is 95.1 cm³/mol. The molecule has 1 fully saturated rings. The molecule has 0 unspecified atom stereocenters. The summed E-state index contributed by atoms with van der Waals surface area (Å²) in [5, 5.41) is 15.4. The van der Waals surface area contributed by atoms with Gasteiger partial charge in [0.05, 0.1) is 11.4 Å². The van der Waals surface area contributed by atoms with Crippen molar-refractivity contribution < 1.29 is 0 Å². The number of H-pyrrole nitrogens is 1. The maximum Gasteiger partial charge on any atom is 0.347 e. The van der Waals surface area contributed by atoms with Gasteiger partial charge in [0.15, 0.2) is 5.82 Å². The highest BCUT2D eigenvalue weighted by atomic mass is 16.1. The highest BCUT2D eigenvalue weighted by molar-refractivity contribution is 5.39. The SMILES string of the molecule is Cc1ccc(N2CCC[C@@H](c3n[nH]c(=O)n3-c3ccccc3)C2)nn1. The molecule has 1 N–H and O–H groups in total. The lowest BCUT2D eigenvalue weighted by Crippen LogP contribution is -2.36. The van der Waals surface area contributed by atoms with Gasteiger partial charge in [-0.2, -0.15) is 10.2 Å². The number of hydrogen-bond donors (Lipinski definition) is 1. The van der Waals surface area contributed by atoms with Crippen LogP contribution in [-0.4, -0.2) is 38.1 Å². The lowest BCUT2D eigenvalue weighted by atomic mass is 9.97. The molecule has 0 radical (unpaired) electrons. The monoisotopic (exact) mass is 336 g/mol. The first-order valence-electron chi connectivity index (χ1n) is 8.50. The van der Waals surface area contributed by atoms with Gasteiger partial charge >= 0.3 is 5.69 Å². The molecular weight excluding hydrogens is 316 g/mol. The first kappa shape index (κ1) is 15.6. The molecule has 7 nitrogen and oxygen atoms in total. The van der Waals surface area contributed by atoms with Crippen LogP contribution in [0, 0.1) is 6.92 Å². The number of para-hydroxylation sites is 1. The second-order valence-electron chi connectivity index (χ2n) is 6.38. The molecule has 1 aliphatic rings. The van der Waals surface area contributed by atoms with Crippen molar-refractivity contribution in [1.29, 1.82) is 0 Å². The molecule has 0 saturated carbocycles. The lowest BCUT2D eigenvalue weighted by molar-refractivity contribution is 0.481. The fourth-order valence-corrected chi connectivity index (χ4v) is 3.37. The smallest absolute Gasteiger partial charge is 0.347 e. The molecule has 2 aromatic heterocycles. The maximum atomic E-state index is 12.3. The molecule has 3 aromatic rings. The summed E-state index contributed by atoms with van der Waals surface area (Å²) in [6, 6.07) is 13.6. The number of hydrogen-bond acceptors (Lipinski definition) is 5. The van der Waals surface area contributed by atoms with Gasteiger partial charge in [0.1, 0.15) is 5.82 Å². The molecule has 0 amide bonds. The van der Waals surface area contributed by atoms with Crippen LogP contribution in [0.25, 0.3) is 5.69 Å². The van der Waals surface area contributed by atoms with Gasteiger partial charge in [-0.25, -0.2) is 14.5 Å². The molecule has 0 bridgehead atoms. The summed E-state index contributed by atoms with van der Waals surface area (Å²) in [7, 11) is 0. The van der Waals surface area contributed by atoms with E-state index < -0.39 is 0 Å². The van der Waals surface area contributed by atoms with Gasteiger partial charge in [-0.3, -0.25) is 0 Å². The minimum atomic E-state index is -0.201. The van der Waals surface area contributed by atoms with Crippen molar-refractivity contribution in [2.24, 2.45) is 0 Å². The van der Waals surface area contributed by atoms with Crippen LogP contribution in [0.3, 0.4) is 0 Å². The number of aromatic amines is 1. The van der Waals surface area contributed by atoms with E-state index in [1.165, 1.54) is 0 Å². The van der Waals surface area contributed by atoms with Crippen LogP contribution < -0.4 is 10.6 Å². The molecule has 7 heteroatoms. The fraction of sp³-hybridized carbons (Fsp3) is 0.333. The first-order valence-corrected chi connectivity index (χ1v) is 8.50. The molecule has 25 heavy (non-hydrogen) atoms. The first-order chi connectivity index (χ1) is 12.2. The van der Waals surface area contributed by atoms with Crippen LogP contribution in [0.4, 0.5) is 5.82 Å². The van der Waals surface area contributed by atoms with E-state index in [-0.39, 0.29) is 11.6 Å². The number of piperidine rings is 1. The van der Waals surface area contributed by atoms with Crippen LogP contribution in [0.5, 0.6) is 0 Å². The van der Waals surface area contributed by atoms with Crippen molar-refractivity contribution >= 4 is 5.82 Å². The zero-order valence-electron chi connectivity index (χ0n) is 14.1. The number of rotatable bonds is 3. The Kier molecular flexibility index (Phi) is 4.05.